The maximum absolute atomic E-state index is 10.6. The molecule has 0 saturated carbocycles. The molecule has 1 atom stereocenters. The highest BCUT2D eigenvalue weighted by Crippen LogP contribution is 1.96. The van der Waals surface area contributed by atoms with Gasteiger partial charge in [-0.15, -0.1) is 0 Å². The van der Waals surface area contributed by atoms with Gasteiger partial charge in [0.2, 0.25) is 3.79 Å². The molecule has 0 aromatic carbocycles. The average Bonchev–Trinajstić information content (AvgIpc) is 1.82. The molecule has 0 fully saturated rings. The van der Waals surface area contributed by atoms with Gasteiger partial charge in [-0.25, -0.2) is 0 Å². The number of hydrogen-bond donors (Lipinski definition) is 2. The van der Waals surface area contributed by atoms with Gasteiger partial charge in [0.05, 0.1) is 6.04 Å². The summed E-state index contributed by atoms with van der Waals surface area (Å²) in [5.74, 6) is 0.579. The van der Waals surface area contributed by atoms with E-state index < -0.39 is 0 Å². The summed E-state index contributed by atoms with van der Waals surface area (Å²) in [7, 11) is 0. The first-order valence-electron chi connectivity index (χ1n) is 2.76. The van der Waals surface area contributed by atoms with Crippen LogP contribution in [-0.4, -0.2) is 22.1 Å². The Hall–Kier alpha value is 0.710. The van der Waals surface area contributed by atoms with Gasteiger partial charge in [0.25, 0.3) is 0 Å². The second kappa shape index (κ2) is 5.49. The number of carbonyl (C=O) groups excluding carboxylic acids is 1. The van der Waals surface area contributed by atoms with Crippen molar-refractivity contribution < 1.29 is 4.79 Å². The molecular formula is C5H10INOS. The minimum Gasteiger partial charge on any atom is -0.306 e. The highest BCUT2D eigenvalue weighted by Gasteiger charge is 2.10. The molecule has 0 aliphatic rings. The first-order chi connectivity index (χ1) is 4.22. The van der Waals surface area contributed by atoms with Crippen molar-refractivity contribution in [3.05, 3.63) is 0 Å². The van der Waals surface area contributed by atoms with Crippen LogP contribution in [0.25, 0.3) is 0 Å². The van der Waals surface area contributed by atoms with Crippen LogP contribution in [0.15, 0.2) is 0 Å². The zero-order valence-electron chi connectivity index (χ0n) is 5.22. The fraction of sp³-hybridized carbons (Fsp3) is 0.800. The van der Waals surface area contributed by atoms with Crippen molar-refractivity contribution in [1.29, 1.82) is 0 Å². The van der Waals surface area contributed by atoms with E-state index in [0.717, 1.165) is 6.54 Å². The largest absolute Gasteiger partial charge is 0.306 e. The number of likely N-dealkylation sites (N-methyl/N-ethyl adjacent to an activating group) is 1. The molecule has 0 radical (unpaired) electrons. The van der Waals surface area contributed by atoms with Crippen molar-refractivity contribution in [2.24, 2.45) is 0 Å². The van der Waals surface area contributed by atoms with Crippen molar-refractivity contribution in [2.45, 2.75) is 13.0 Å². The van der Waals surface area contributed by atoms with Crippen LogP contribution in [0.3, 0.4) is 0 Å². The van der Waals surface area contributed by atoms with Gasteiger partial charge in [-0.2, -0.15) is 12.6 Å². The lowest BCUT2D eigenvalue weighted by Gasteiger charge is -2.08. The number of rotatable bonds is 4. The Labute approximate surface area is 74.3 Å². The summed E-state index contributed by atoms with van der Waals surface area (Å²) in [6.45, 7) is 2.79. The Kier molecular flexibility index (Phi) is 5.92. The second-order valence-electron chi connectivity index (χ2n) is 1.60. The molecule has 0 amide bonds. The predicted molar refractivity (Wildman–Crippen MR) is 50.3 cm³/mol. The van der Waals surface area contributed by atoms with Gasteiger partial charge in [0.15, 0.2) is 0 Å². The maximum atomic E-state index is 10.6. The molecule has 0 aromatic rings. The fourth-order valence-corrected chi connectivity index (χ4v) is 1.55. The summed E-state index contributed by atoms with van der Waals surface area (Å²) in [6.07, 6.45) is 0. The van der Waals surface area contributed by atoms with Crippen molar-refractivity contribution in [1.82, 2.24) is 5.32 Å². The van der Waals surface area contributed by atoms with E-state index in [9.17, 15) is 4.79 Å². The fourth-order valence-electron chi connectivity index (χ4n) is 0.463. The minimum atomic E-state index is -0.0704. The average molecular weight is 259 g/mol. The van der Waals surface area contributed by atoms with Gasteiger partial charge in [-0.05, 0) is 6.54 Å². The van der Waals surface area contributed by atoms with Crippen LogP contribution in [0.4, 0.5) is 0 Å². The lowest BCUT2D eigenvalue weighted by molar-refractivity contribution is -0.110. The SMILES string of the molecule is CCNC(CS)C(=O)I. The van der Waals surface area contributed by atoms with Crippen LogP contribution in [-0.2, 0) is 4.79 Å². The summed E-state index contributed by atoms with van der Waals surface area (Å²) in [4.78, 5) is 10.6. The van der Waals surface area contributed by atoms with Gasteiger partial charge in [0.1, 0.15) is 0 Å². The molecule has 0 aromatic heterocycles. The first-order valence-corrected chi connectivity index (χ1v) is 4.47. The Morgan fingerprint density at radius 3 is 2.56 bits per heavy atom. The summed E-state index contributed by atoms with van der Waals surface area (Å²) >= 11 is 5.78. The van der Waals surface area contributed by atoms with Crippen molar-refractivity contribution >= 4 is 39.0 Å². The molecule has 1 N–H and O–H groups in total. The number of hydrogen-bond acceptors (Lipinski definition) is 3. The zero-order chi connectivity index (χ0) is 7.28. The van der Waals surface area contributed by atoms with E-state index in [-0.39, 0.29) is 9.83 Å². The van der Waals surface area contributed by atoms with Gasteiger partial charge < -0.3 is 5.32 Å². The van der Waals surface area contributed by atoms with E-state index in [1.165, 1.54) is 0 Å². The summed E-state index contributed by atoms with van der Waals surface area (Å²) in [5, 5.41) is 3.00. The monoisotopic (exact) mass is 259 g/mol. The summed E-state index contributed by atoms with van der Waals surface area (Å²) < 4.78 is 0.129. The van der Waals surface area contributed by atoms with E-state index in [0.29, 0.717) is 5.75 Å². The molecule has 9 heavy (non-hydrogen) atoms. The number of halogens is 1. The topological polar surface area (TPSA) is 29.1 Å². The lowest BCUT2D eigenvalue weighted by atomic mass is 10.4. The van der Waals surface area contributed by atoms with Crippen LogP contribution < -0.4 is 5.32 Å². The number of carbonyl (C=O) groups is 1. The third kappa shape index (κ3) is 4.16. The van der Waals surface area contributed by atoms with Crippen LogP contribution in [0.5, 0.6) is 0 Å². The van der Waals surface area contributed by atoms with Crippen LogP contribution in [0.2, 0.25) is 0 Å². The summed E-state index contributed by atoms with van der Waals surface area (Å²) in [5.41, 5.74) is 0. The van der Waals surface area contributed by atoms with Crippen molar-refractivity contribution in [3.8, 4) is 0 Å². The Bertz CT molecular complexity index is 99.0. The number of nitrogens with one attached hydrogen (secondary N) is 1. The van der Waals surface area contributed by atoms with Crippen molar-refractivity contribution in [3.63, 3.8) is 0 Å². The highest BCUT2D eigenvalue weighted by atomic mass is 127. The van der Waals surface area contributed by atoms with Gasteiger partial charge >= 0.3 is 0 Å². The molecular weight excluding hydrogens is 249 g/mol. The van der Waals surface area contributed by atoms with E-state index in [1.54, 1.807) is 22.6 Å². The lowest BCUT2D eigenvalue weighted by Crippen LogP contribution is -2.35. The van der Waals surface area contributed by atoms with E-state index >= 15 is 0 Å². The molecule has 0 saturated heterocycles. The van der Waals surface area contributed by atoms with Gasteiger partial charge in [0, 0.05) is 28.3 Å². The Morgan fingerprint density at radius 2 is 2.44 bits per heavy atom. The van der Waals surface area contributed by atoms with E-state index in [1.807, 2.05) is 6.92 Å². The molecule has 2 nitrogen and oxygen atoms in total. The van der Waals surface area contributed by atoms with Gasteiger partial charge in [-0.1, -0.05) is 6.92 Å². The molecule has 1 unspecified atom stereocenters. The predicted octanol–water partition coefficient (Wildman–Crippen LogP) is 0.856. The third-order valence-corrected chi connectivity index (χ3v) is 2.02. The van der Waals surface area contributed by atoms with Crippen molar-refractivity contribution in [2.75, 3.05) is 12.3 Å². The Morgan fingerprint density at radius 1 is 1.89 bits per heavy atom. The Balaban J connectivity index is 3.54. The minimum absolute atomic E-state index is 0.0704. The molecule has 0 spiro atoms. The molecule has 0 aliphatic carbocycles. The quantitative estimate of drug-likeness (QED) is 0.445. The third-order valence-electron chi connectivity index (χ3n) is 0.907. The zero-order valence-corrected chi connectivity index (χ0v) is 8.28. The molecule has 0 heterocycles. The molecule has 0 rings (SSSR count). The molecule has 0 bridgehead atoms. The van der Waals surface area contributed by atoms with Crippen LogP contribution in [0, 0.1) is 0 Å². The number of thiol groups is 1. The standard InChI is InChI=1S/C5H10INOS/c1-2-7-4(3-9)5(6)8/h4,7,9H,2-3H2,1H3. The molecule has 0 aliphatic heterocycles. The highest BCUT2D eigenvalue weighted by molar-refractivity contribution is 14.1. The van der Waals surface area contributed by atoms with E-state index in [2.05, 4.69) is 17.9 Å². The van der Waals surface area contributed by atoms with Gasteiger partial charge in [-0.3, -0.25) is 4.79 Å². The van der Waals surface area contributed by atoms with Crippen LogP contribution >= 0.6 is 35.2 Å². The maximum Gasteiger partial charge on any atom is 0.209 e. The summed E-state index contributed by atoms with van der Waals surface area (Å²) in [6, 6.07) is -0.0704. The van der Waals surface area contributed by atoms with Crippen LogP contribution in [0.1, 0.15) is 6.92 Å². The normalized spacial score (nSPS) is 13.2. The molecule has 54 valence electrons. The molecule has 4 heteroatoms. The first kappa shape index (κ1) is 9.71. The smallest absolute Gasteiger partial charge is 0.209 e. The van der Waals surface area contributed by atoms with E-state index in [4.69, 9.17) is 0 Å². The second-order valence-corrected chi connectivity index (χ2v) is 3.03.